The second-order valence-electron chi connectivity index (χ2n) is 5.46. The molecule has 0 aliphatic rings. The van der Waals surface area contributed by atoms with Crippen molar-refractivity contribution in [2.75, 3.05) is 20.1 Å². The molecule has 0 spiro atoms. The van der Waals surface area contributed by atoms with Gasteiger partial charge in [0.2, 0.25) is 5.91 Å². The first-order valence-electron chi connectivity index (χ1n) is 7.36. The van der Waals surface area contributed by atoms with Crippen molar-refractivity contribution in [3.63, 3.8) is 0 Å². The van der Waals surface area contributed by atoms with E-state index >= 15 is 0 Å². The van der Waals surface area contributed by atoms with Gasteiger partial charge in [0.25, 0.3) is 0 Å². The molecule has 0 aliphatic carbocycles. The van der Waals surface area contributed by atoms with Crippen LogP contribution in [-0.2, 0) is 11.3 Å². The smallest absolute Gasteiger partial charge is 0.234 e. The fourth-order valence-electron chi connectivity index (χ4n) is 2.25. The van der Waals surface area contributed by atoms with Crippen LogP contribution in [-0.4, -0.2) is 40.7 Å². The number of aromatic nitrogens is 2. The van der Waals surface area contributed by atoms with Crippen LogP contribution >= 0.6 is 23.2 Å². The zero-order valence-electron chi connectivity index (χ0n) is 13.2. The number of carbonyl (C=O) groups is 1. The number of likely N-dealkylation sites (N-methyl/N-ethyl adjacent to an activating group) is 1. The minimum atomic E-state index is -0.174. The van der Waals surface area contributed by atoms with Crippen LogP contribution in [0.2, 0.25) is 10.0 Å². The molecule has 5 nitrogen and oxygen atoms in total. The molecule has 124 valence electrons. The summed E-state index contributed by atoms with van der Waals surface area (Å²) in [6, 6.07) is 6.98. The topological polar surface area (TPSA) is 50.2 Å². The van der Waals surface area contributed by atoms with Gasteiger partial charge in [0.1, 0.15) is 0 Å². The van der Waals surface area contributed by atoms with E-state index in [0.29, 0.717) is 16.6 Å². The predicted molar refractivity (Wildman–Crippen MR) is 92.7 cm³/mol. The third kappa shape index (κ3) is 5.53. The van der Waals surface area contributed by atoms with Crippen LogP contribution in [0.3, 0.4) is 0 Å². The molecule has 23 heavy (non-hydrogen) atoms. The highest BCUT2D eigenvalue weighted by Gasteiger charge is 2.14. The molecule has 0 radical (unpaired) electrons. The number of benzene rings is 1. The molecular weight excluding hydrogens is 335 g/mol. The van der Waals surface area contributed by atoms with Crippen molar-refractivity contribution >= 4 is 29.1 Å². The summed E-state index contributed by atoms with van der Waals surface area (Å²) in [4.78, 5) is 14.1. The molecule has 0 fully saturated rings. The van der Waals surface area contributed by atoms with Gasteiger partial charge in [-0.3, -0.25) is 14.4 Å². The molecule has 0 saturated carbocycles. The van der Waals surface area contributed by atoms with Crippen molar-refractivity contribution in [1.29, 1.82) is 0 Å². The van der Waals surface area contributed by atoms with Crippen molar-refractivity contribution in [1.82, 2.24) is 20.0 Å². The molecule has 7 heteroatoms. The molecule has 1 heterocycles. The zero-order chi connectivity index (χ0) is 16.8. The number of hydrogen-bond donors (Lipinski definition) is 1. The first-order valence-corrected chi connectivity index (χ1v) is 8.11. The highest BCUT2D eigenvalue weighted by Crippen LogP contribution is 2.25. The highest BCUT2D eigenvalue weighted by atomic mass is 35.5. The van der Waals surface area contributed by atoms with E-state index in [-0.39, 0.29) is 11.9 Å². The van der Waals surface area contributed by atoms with E-state index in [1.54, 1.807) is 18.3 Å². The minimum Gasteiger partial charge on any atom is -0.348 e. The van der Waals surface area contributed by atoms with Crippen LogP contribution in [0.4, 0.5) is 0 Å². The summed E-state index contributed by atoms with van der Waals surface area (Å²) in [5, 5.41) is 8.22. The van der Waals surface area contributed by atoms with Gasteiger partial charge >= 0.3 is 0 Å². The molecule has 0 aliphatic heterocycles. The fourth-order valence-corrected chi connectivity index (χ4v) is 2.82. The summed E-state index contributed by atoms with van der Waals surface area (Å²) >= 11 is 12.1. The molecule has 2 aromatic rings. The molecule has 0 saturated heterocycles. The third-order valence-corrected chi connectivity index (χ3v) is 4.05. The van der Waals surface area contributed by atoms with Crippen molar-refractivity contribution in [2.45, 2.75) is 19.5 Å². The zero-order valence-corrected chi connectivity index (χ0v) is 14.7. The third-order valence-electron chi connectivity index (χ3n) is 3.49. The van der Waals surface area contributed by atoms with Crippen molar-refractivity contribution < 1.29 is 4.79 Å². The number of nitrogens with zero attached hydrogens (tertiary/aromatic N) is 3. The summed E-state index contributed by atoms with van der Waals surface area (Å²) < 4.78 is 1.84. The lowest BCUT2D eigenvalue weighted by molar-refractivity contribution is -0.122. The Balaban J connectivity index is 1.81. The first-order chi connectivity index (χ1) is 11.0. The van der Waals surface area contributed by atoms with Crippen LogP contribution in [0.5, 0.6) is 0 Å². The van der Waals surface area contributed by atoms with Crippen LogP contribution in [0.1, 0.15) is 18.5 Å². The average Bonchev–Trinajstić information content (AvgIpc) is 2.98. The summed E-state index contributed by atoms with van der Waals surface area (Å²) in [5.41, 5.74) is 0.851. The molecule has 1 aromatic heterocycles. The van der Waals surface area contributed by atoms with Crippen molar-refractivity contribution in [2.24, 2.45) is 0 Å². The molecular formula is C16H20Cl2N4O. The second kappa shape index (κ2) is 8.34. The van der Waals surface area contributed by atoms with Crippen LogP contribution in [0.25, 0.3) is 0 Å². The standard InChI is InChI=1S/C16H20Cl2N4O/c1-12(14-5-4-13(17)10-15(14)18)20-16(23)11-21(2)8-9-22-7-3-6-19-22/h3-7,10,12H,8-9,11H2,1-2H3,(H,20,23). The Morgan fingerprint density at radius 1 is 1.43 bits per heavy atom. The van der Waals surface area contributed by atoms with E-state index in [9.17, 15) is 4.79 Å². The van der Waals surface area contributed by atoms with Crippen LogP contribution in [0.15, 0.2) is 36.7 Å². The Hall–Kier alpha value is -1.56. The highest BCUT2D eigenvalue weighted by molar-refractivity contribution is 6.35. The lowest BCUT2D eigenvalue weighted by atomic mass is 10.1. The Bertz CT molecular complexity index is 646. The second-order valence-corrected chi connectivity index (χ2v) is 6.31. The molecule has 1 amide bonds. The Morgan fingerprint density at radius 2 is 2.22 bits per heavy atom. The Labute approximate surface area is 146 Å². The molecule has 1 aromatic carbocycles. The normalized spacial score (nSPS) is 12.4. The molecule has 1 N–H and O–H groups in total. The van der Waals surface area contributed by atoms with E-state index in [1.165, 1.54) is 0 Å². The molecule has 2 rings (SSSR count). The number of nitrogens with one attached hydrogen (secondary N) is 1. The predicted octanol–water partition coefficient (Wildman–Crippen LogP) is 3.00. The Morgan fingerprint density at radius 3 is 2.87 bits per heavy atom. The maximum Gasteiger partial charge on any atom is 0.234 e. The van der Waals surface area contributed by atoms with Crippen LogP contribution < -0.4 is 5.32 Å². The number of amides is 1. The fraction of sp³-hybridized carbons (Fsp3) is 0.375. The van der Waals surface area contributed by atoms with Crippen LogP contribution in [0, 0.1) is 0 Å². The minimum absolute atomic E-state index is 0.0496. The largest absolute Gasteiger partial charge is 0.348 e. The molecule has 1 unspecified atom stereocenters. The maximum atomic E-state index is 12.1. The summed E-state index contributed by atoms with van der Waals surface area (Å²) in [7, 11) is 1.91. The van der Waals surface area contributed by atoms with E-state index < -0.39 is 0 Å². The van der Waals surface area contributed by atoms with Gasteiger partial charge in [-0.2, -0.15) is 5.10 Å². The van der Waals surface area contributed by atoms with Crippen molar-refractivity contribution in [3.05, 3.63) is 52.3 Å². The number of carbonyl (C=O) groups excluding carboxylic acids is 1. The van der Waals surface area contributed by atoms with Gasteiger partial charge < -0.3 is 5.32 Å². The van der Waals surface area contributed by atoms with Gasteiger partial charge in [-0.25, -0.2) is 0 Å². The number of hydrogen-bond acceptors (Lipinski definition) is 3. The monoisotopic (exact) mass is 354 g/mol. The van der Waals surface area contributed by atoms with Gasteiger partial charge in [0.15, 0.2) is 0 Å². The van der Waals surface area contributed by atoms with Crippen molar-refractivity contribution in [3.8, 4) is 0 Å². The van der Waals surface area contributed by atoms with Gasteiger partial charge in [-0.15, -0.1) is 0 Å². The summed E-state index contributed by atoms with van der Waals surface area (Å²) in [6.45, 7) is 3.70. The number of rotatable bonds is 7. The van der Waals surface area contributed by atoms with Gasteiger partial charge in [-0.1, -0.05) is 29.3 Å². The summed E-state index contributed by atoms with van der Waals surface area (Å²) in [6.07, 6.45) is 3.64. The van der Waals surface area contributed by atoms with Gasteiger partial charge in [0.05, 0.1) is 19.1 Å². The average molecular weight is 355 g/mol. The van der Waals surface area contributed by atoms with E-state index in [4.69, 9.17) is 23.2 Å². The summed E-state index contributed by atoms with van der Waals surface area (Å²) in [5.74, 6) is -0.0496. The van der Waals surface area contributed by atoms with Gasteiger partial charge in [0, 0.05) is 29.0 Å². The molecule has 0 bridgehead atoms. The molecule has 1 atom stereocenters. The van der Waals surface area contributed by atoms with Gasteiger partial charge in [-0.05, 0) is 37.7 Å². The van der Waals surface area contributed by atoms with E-state index in [2.05, 4.69) is 10.4 Å². The lowest BCUT2D eigenvalue weighted by Gasteiger charge is -2.20. The Kier molecular flexibility index (Phi) is 6.45. The first kappa shape index (κ1) is 17.8. The quantitative estimate of drug-likeness (QED) is 0.831. The lowest BCUT2D eigenvalue weighted by Crippen LogP contribution is -2.37. The number of halogens is 2. The van der Waals surface area contributed by atoms with E-state index in [1.807, 2.05) is 41.9 Å². The SMILES string of the molecule is CC(NC(=O)CN(C)CCn1cccn1)c1ccc(Cl)cc1Cl. The van der Waals surface area contributed by atoms with E-state index in [0.717, 1.165) is 18.7 Å². The maximum absolute atomic E-state index is 12.1.